The first kappa shape index (κ1) is 17.3. The summed E-state index contributed by atoms with van der Waals surface area (Å²) in [5, 5.41) is 18.9. The Bertz CT molecular complexity index is 786. The maximum absolute atomic E-state index is 12.1. The van der Waals surface area contributed by atoms with Crippen molar-refractivity contribution >= 4 is 39.4 Å². The molecule has 0 saturated heterocycles. The Hall–Kier alpha value is -3.06. The van der Waals surface area contributed by atoms with Gasteiger partial charge in [-0.05, 0) is 29.8 Å². The van der Waals surface area contributed by atoms with Gasteiger partial charge in [0.15, 0.2) is 5.17 Å². The summed E-state index contributed by atoms with van der Waals surface area (Å²) < 4.78 is 0. The highest BCUT2D eigenvalue weighted by Crippen LogP contribution is 2.27. The predicted octanol–water partition coefficient (Wildman–Crippen LogP) is 2.99. The topological polar surface area (TPSA) is 116 Å². The summed E-state index contributed by atoms with van der Waals surface area (Å²) in [5.41, 5.74) is 6.80. The van der Waals surface area contributed by atoms with Crippen LogP contribution in [0.15, 0.2) is 60.7 Å². The van der Waals surface area contributed by atoms with Gasteiger partial charge in [-0.3, -0.25) is 10.2 Å². The lowest BCUT2D eigenvalue weighted by Gasteiger charge is -2.08. The Morgan fingerprint density at radius 2 is 1.62 bits per heavy atom. The summed E-state index contributed by atoms with van der Waals surface area (Å²) in [6.45, 7) is 0. The van der Waals surface area contributed by atoms with Gasteiger partial charge in [-0.1, -0.05) is 42.1 Å². The molecule has 0 atom stereocenters. The molecule has 2 aromatic carbocycles. The lowest BCUT2D eigenvalue weighted by molar-refractivity contribution is -0.111. The molecule has 0 aliphatic rings. The fraction of sp³-hybridized carbons (Fsp3) is 0. The number of para-hydroxylation sites is 1. The fourth-order valence-corrected chi connectivity index (χ4v) is 2.54. The van der Waals surface area contributed by atoms with E-state index in [4.69, 9.17) is 16.2 Å². The minimum absolute atomic E-state index is 0.139. The lowest BCUT2D eigenvalue weighted by atomic mass is 10.1. The summed E-state index contributed by atoms with van der Waals surface area (Å²) >= 11 is 0.920. The zero-order chi connectivity index (χ0) is 17.5. The summed E-state index contributed by atoms with van der Waals surface area (Å²) in [4.78, 5) is 23.5. The number of carbonyl (C=O) groups excluding carboxylic acids is 1. The third-order valence-corrected chi connectivity index (χ3v) is 3.73. The number of amidine groups is 1. The minimum atomic E-state index is -1.03. The smallest absolute Gasteiger partial charge is 0.335 e. The van der Waals surface area contributed by atoms with Crippen molar-refractivity contribution in [3.63, 3.8) is 0 Å². The maximum atomic E-state index is 12.1. The third-order valence-electron chi connectivity index (χ3n) is 2.94. The number of nitrogens with two attached hydrogens (primary N) is 1. The number of aromatic carboxylic acids is 1. The van der Waals surface area contributed by atoms with Crippen molar-refractivity contribution in [1.29, 1.82) is 5.41 Å². The number of amides is 1. The molecule has 0 heterocycles. The molecule has 122 valence electrons. The summed E-state index contributed by atoms with van der Waals surface area (Å²) in [6, 6.07) is 15.0. The molecule has 0 fully saturated rings. The summed E-state index contributed by atoms with van der Waals surface area (Å²) in [5.74, 6) is -1.40. The molecule has 0 saturated carbocycles. The second-order valence-corrected chi connectivity index (χ2v) is 5.80. The average Bonchev–Trinajstić information content (AvgIpc) is 2.55. The third kappa shape index (κ3) is 4.99. The number of carbonyl (C=O) groups is 2. The first-order chi connectivity index (χ1) is 11.5. The van der Waals surface area contributed by atoms with E-state index in [-0.39, 0.29) is 16.6 Å². The van der Waals surface area contributed by atoms with Crippen LogP contribution in [0.3, 0.4) is 0 Å². The normalized spacial score (nSPS) is 10.9. The standard InChI is InChI=1S/C17H15N3O3S/c18-17(19)24-14(11-6-8-12(9-7-11)16(22)23)10-15(21)20-13-4-2-1-3-5-13/h1-10H,(H3,18,19)(H,20,21)(H,22,23). The molecule has 2 rings (SSSR count). The van der Waals surface area contributed by atoms with Crippen LogP contribution in [0.25, 0.3) is 4.91 Å². The van der Waals surface area contributed by atoms with E-state index in [1.807, 2.05) is 6.07 Å². The second kappa shape index (κ2) is 7.98. The van der Waals surface area contributed by atoms with E-state index in [2.05, 4.69) is 5.32 Å². The van der Waals surface area contributed by atoms with Crippen molar-refractivity contribution < 1.29 is 14.7 Å². The molecular weight excluding hydrogens is 326 g/mol. The van der Waals surface area contributed by atoms with E-state index in [0.717, 1.165) is 11.8 Å². The lowest BCUT2D eigenvalue weighted by Crippen LogP contribution is -2.10. The number of rotatable bonds is 5. The molecule has 0 aliphatic carbocycles. The molecule has 0 aliphatic heterocycles. The predicted molar refractivity (Wildman–Crippen MR) is 96.0 cm³/mol. The fourth-order valence-electron chi connectivity index (χ4n) is 1.89. The van der Waals surface area contributed by atoms with Crippen molar-refractivity contribution in [2.75, 3.05) is 5.32 Å². The molecule has 5 N–H and O–H groups in total. The Kier molecular flexibility index (Phi) is 5.75. The van der Waals surface area contributed by atoms with E-state index in [1.54, 1.807) is 36.4 Å². The number of hydrogen-bond donors (Lipinski definition) is 4. The second-order valence-electron chi connectivity index (χ2n) is 4.71. The summed E-state index contributed by atoms with van der Waals surface area (Å²) in [6.07, 6.45) is 1.33. The van der Waals surface area contributed by atoms with Gasteiger partial charge < -0.3 is 16.2 Å². The van der Waals surface area contributed by atoms with Gasteiger partial charge in [0.1, 0.15) is 0 Å². The monoisotopic (exact) mass is 341 g/mol. The van der Waals surface area contributed by atoms with E-state index in [1.165, 1.54) is 18.2 Å². The van der Waals surface area contributed by atoms with Crippen LogP contribution in [0.4, 0.5) is 5.69 Å². The van der Waals surface area contributed by atoms with Gasteiger partial charge in [0.25, 0.3) is 0 Å². The van der Waals surface area contributed by atoms with Crippen LogP contribution in [-0.4, -0.2) is 22.2 Å². The van der Waals surface area contributed by atoms with Crippen LogP contribution in [0.5, 0.6) is 0 Å². The molecule has 0 bridgehead atoms. The molecular formula is C17H15N3O3S. The van der Waals surface area contributed by atoms with Crippen LogP contribution in [-0.2, 0) is 4.79 Å². The van der Waals surface area contributed by atoms with Gasteiger partial charge in [-0.15, -0.1) is 0 Å². The van der Waals surface area contributed by atoms with Crippen molar-refractivity contribution in [3.8, 4) is 0 Å². The van der Waals surface area contributed by atoms with Crippen LogP contribution in [0.2, 0.25) is 0 Å². The molecule has 2 aromatic rings. The highest BCUT2D eigenvalue weighted by Gasteiger charge is 2.10. The van der Waals surface area contributed by atoms with Gasteiger partial charge >= 0.3 is 5.97 Å². The average molecular weight is 341 g/mol. The van der Waals surface area contributed by atoms with Gasteiger partial charge in [0, 0.05) is 16.7 Å². The SMILES string of the molecule is N=C(N)SC(=CC(=O)Nc1ccccc1)c1ccc(C(=O)O)cc1. The number of hydrogen-bond acceptors (Lipinski definition) is 4. The molecule has 0 unspecified atom stereocenters. The number of carboxylic acid groups (broad SMARTS) is 1. The van der Waals surface area contributed by atoms with Crippen molar-refractivity contribution in [3.05, 3.63) is 71.8 Å². The van der Waals surface area contributed by atoms with E-state index < -0.39 is 5.97 Å². The number of anilines is 1. The number of benzene rings is 2. The number of carboxylic acids is 1. The molecule has 0 aromatic heterocycles. The molecule has 24 heavy (non-hydrogen) atoms. The van der Waals surface area contributed by atoms with Gasteiger partial charge in [0.2, 0.25) is 5.91 Å². The summed E-state index contributed by atoms with van der Waals surface area (Å²) in [7, 11) is 0. The van der Waals surface area contributed by atoms with Crippen molar-refractivity contribution in [2.45, 2.75) is 0 Å². The van der Waals surface area contributed by atoms with E-state index >= 15 is 0 Å². The van der Waals surface area contributed by atoms with Gasteiger partial charge in [-0.2, -0.15) is 0 Å². The molecule has 1 amide bonds. The van der Waals surface area contributed by atoms with Crippen LogP contribution < -0.4 is 11.1 Å². The number of nitrogens with one attached hydrogen (secondary N) is 2. The quantitative estimate of drug-likeness (QED) is 0.379. The highest BCUT2D eigenvalue weighted by molar-refractivity contribution is 8.21. The number of thioether (sulfide) groups is 1. The molecule has 6 nitrogen and oxygen atoms in total. The Morgan fingerprint density at radius 3 is 2.17 bits per heavy atom. The molecule has 0 radical (unpaired) electrons. The van der Waals surface area contributed by atoms with Crippen LogP contribution in [0, 0.1) is 5.41 Å². The van der Waals surface area contributed by atoms with E-state index in [0.29, 0.717) is 16.2 Å². The maximum Gasteiger partial charge on any atom is 0.335 e. The van der Waals surface area contributed by atoms with Crippen LogP contribution >= 0.6 is 11.8 Å². The largest absolute Gasteiger partial charge is 0.478 e. The highest BCUT2D eigenvalue weighted by atomic mass is 32.2. The molecule has 7 heteroatoms. The first-order valence-electron chi connectivity index (χ1n) is 6.89. The Labute approximate surface area is 142 Å². The van der Waals surface area contributed by atoms with Gasteiger partial charge in [-0.25, -0.2) is 4.79 Å². The molecule has 0 spiro atoms. The Morgan fingerprint density at radius 1 is 1.04 bits per heavy atom. The zero-order valence-electron chi connectivity index (χ0n) is 12.5. The van der Waals surface area contributed by atoms with Crippen molar-refractivity contribution in [2.24, 2.45) is 5.73 Å². The minimum Gasteiger partial charge on any atom is -0.478 e. The Balaban J connectivity index is 2.25. The van der Waals surface area contributed by atoms with Gasteiger partial charge in [0.05, 0.1) is 5.56 Å². The van der Waals surface area contributed by atoms with Crippen LogP contribution in [0.1, 0.15) is 15.9 Å². The first-order valence-corrected chi connectivity index (χ1v) is 7.70. The van der Waals surface area contributed by atoms with E-state index in [9.17, 15) is 9.59 Å². The van der Waals surface area contributed by atoms with Crippen molar-refractivity contribution in [1.82, 2.24) is 0 Å². The zero-order valence-corrected chi connectivity index (χ0v) is 13.3.